The van der Waals surface area contributed by atoms with Crippen molar-refractivity contribution in [1.29, 1.82) is 0 Å². The number of halogens is 1. The van der Waals surface area contributed by atoms with Gasteiger partial charge in [-0.3, -0.25) is 9.59 Å². The number of piperidine rings is 1. The van der Waals surface area contributed by atoms with E-state index in [9.17, 15) is 9.59 Å². The van der Waals surface area contributed by atoms with Crippen LogP contribution >= 0.6 is 12.4 Å². The molecule has 0 saturated carbocycles. The van der Waals surface area contributed by atoms with Crippen LogP contribution in [0.4, 0.5) is 0 Å². The number of nitrogens with zero attached hydrogens (tertiary/aromatic N) is 1. The summed E-state index contributed by atoms with van der Waals surface area (Å²) in [6, 6.07) is 0.0859. The highest BCUT2D eigenvalue weighted by atomic mass is 35.5. The topological polar surface area (TPSA) is 84.7 Å². The highest BCUT2D eigenvalue weighted by molar-refractivity contribution is 5.85. The summed E-state index contributed by atoms with van der Waals surface area (Å²) in [7, 11) is 0. The molecule has 0 aromatic carbocycles. The molecule has 1 saturated heterocycles. The van der Waals surface area contributed by atoms with Gasteiger partial charge in [-0.25, -0.2) is 0 Å². The number of rotatable bonds is 9. The molecular weight excluding hydrogens is 306 g/mol. The van der Waals surface area contributed by atoms with E-state index in [-0.39, 0.29) is 36.9 Å². The van der Waals surface area contributed by atoms with Gasteiger partial charge in [0.2, 0.25) is 11.8 Å². The molecule has 1 rings (SSSR count). The quantitative estimate of drug-likeness (QED) is 0.617. The average Bonchev–Trinajstić information content (AvgIpc) is 2.50. The third-order valence-corrected chi connectivity index (χ3v) is 3.72. The number of nitrogens with one attached hydrogen (secondary N) is 1. The second-order valence-electron chi connectivity index (χ2n) is 5.49. The van der Waals surface area contributed by atoms with Gasteiger partial charge >= 0.3 is 0 Å². The van der Waals surface area contributed by atoms with Crippen molar-refractivity contribution in [3.63, 3.8) is 0 Å². The number of likely N-dealkylation sites (tertiary alicyclic amines) is 1. The van der Waals surface area contributed by atoms with Gasteiger partial charge in [0.15, 0.2) is 0 Å². The van der Waals surface area contributed by atoms with Crippen LogP contribution in [0.5, 0.6) is 0 Å². The maximum absolute atomic E-state index is 12.2. The second kappa shape index (κ2) is 12.7. The molecule has 1 heterocycles. The van der Waals surface area contributed by atoms with Crippen LogP contribution in [0.25, 0.3) is 0 Å². The highest BCUT2D eigenvalue weighted by Gasteiger charge is 2.26. The standard InChI is InChI=1S/C15H29N3O3.ClH/c1-2-3-10-21-12-15(20)18-9-5-4-6-13(18)11-17-14(19)7-8-16;/h13H,2-12,16H2,1H3,(H,17,19);1H. The zero-order chi connectivity index (χ0) is 15.5. The first-order valence-electron chi connectivity index (χ1n) is 8.03. The van der Waals surface area contributed by atoms with E-state index in [0.717, 1.165) is 38.6 Å². The first-order valence-corrected chi connectivity index (χ1v) is 8.03. The van der Waals surface area contributed by atoms with Crippen molar-refractivity contribution in [2.45, 2.75) is 51.5 Å². The minimum absolute atomic E-state index is 0. The number of unbranched alkanes of at least 4 members (excludes halogenated alkanes) is 1. The number of hydrogen-bond acceptors (Lipinski definition) is 4. The molecular formula is C15H30ClN3O3. The number of amides is 2. The van der Waals surface area contributed by atoms with Crippen LogP contribution in [0.1, 0.15) is 45.4 Å². The van der Waals surface area contributed by atoms with Gasteiger partial charge in [0.1, 0.15) is 6.61 Å². The largest absolute Gasteiger partial charge is 0.372 e. The Hall–Kier alpha value is -0.850. The van der Waals surface area contributed by atoms with Crippen molar-refractivity contribution in [2.75, 3.05) is 32.8 Å². The Balaban J connectivity index is 0.00000441. The Bertz CT molecular complexity index is 329. The Morgan fingerprint density at radius 1 is 1.36 bits per heavy atom. The predicted octanol–water partition coefficient (Wildman–Crippen LogP) is 1.07. The molecule has 7 heteroatoms. The maximum atomic E-state index is 12.2. The number of ether oxygens (including phenoxy) is 1. The van der Waals surface area contributed by atoms with Gasteiger partial charge < -0.3 is 20.7 Å². The van der Waals surface area contributed by atoms with Crippen molar-refractivity contribution in [3.05, 3.63) is 0 Å². The van der Waals surface area contributed by atoms with E-state index in [1.165, 1.54) is 0 Å². The number of carbonyl (C=O) groups excluding carboxylic acids is 2. The van der Waals surface area contributed by atoms with E-state index in [1.807, 2.05) is 4.90 Å². The molecule has 130 valence electrons. The van der Waals surface area contributed by atoms with Gasteiger partial charge in [-0.2, -0.15) is 0 Å². The molecule has 0 radical (unpaired) electrons. The third-order valence-electron chi connectivity index (χ3n) is 3.72. The first-order chi connectivity index (χ1) is 10.2. The molecule has 0 bridgehead atoms. The van der Waals surface area contributed by atoms with Gasteiger partial charge in [-0.15, -0.1) is 12.4 Å². The fraction of sp³-hybridized carbons (Fsp3) is 0.867. The van der Waals surface area contributed by atoms with Crippen LogP contribution in [0, 0.1) is 0 Å². The molecule has 2 amide bonds. The second-order valence-corrected chi connectivity index (χ2v) is 5.49. The molecule has 0 aromatic heterocycles. The van der Waals surface area contributed by atoms with Crippen molar-refractivity contribution < 1.29 is 14.3 Å². The molecule has 1 aliphatic heterocycles. The third kappa shape index (κ3) is 7.96. The van der Waals surface area contributed by atoms with Gasteiger partial charge in [-0.05, 0) is 25.7 Å². The van der Waals surface area contributed by atoms with Gasteiger partial charge in [0.25, 0.3) is 0 Å². The van der Waals surface area contributed by atoms with Crippen molar-refractivity contribution >= 4 is 24.2 Å². The van der Waals surface area contributed by atoms with Crippen molar-refractivity contribution in [3.8, 4) is 0 Å². The lowest BCUT2D eigenvalue weighted by Gasteiger charge is -2.35. The molecule has 0 aromatic rings. The number of nitrogens with two attached hydrogens (primary N) is 1. The molecule has 1 atom stereocenters. The molecule has 0 spiro atoms. The number of hydrogen-bond donors (Lipinski definition) is 2. The van der Waals surface area contributed by atoms with E-state index in [2.05, 4.69) is 12.2 Å². The monoisotopic (exact) mass is 335 g/mol. The zero-order valence-electron chi connectivity index (χ0n) is 13.5. The summed E-state index contributed by atoms with van der Waals surface area (Å²) in [5.41, 5.74) is 5.35. The maximum Gasteiger partial charge on any atom is 0.248 e. The molecule has 0 aliphatic carbocycles. The van der Waals surface area contributed by atoms with E-state index >= 15 is 0 Å². The minimum atomic E-state index is -0.0466. The Labute approximate surface area is 139 Å². The summed E-state index contributed by atoms with van der Waals surface area (Å²) in [6.45, 7) is 4.49. The molecule has 22 heavy (non-hydrogen) atoms. The van der Waals surface area contributed by atoms with E-state index in [1.54, 1.807) is 0 Å². The molecule has 6 nitrogen and oxygen atoms in total. The summed E-state index contributed by atoms with van der Waals surface area (Å²) in [6.07, 6.45) is 5.43. The summed E-state index contributed by atoms with van der Waals surface area (Å²) in [5.74, 6) is -0.0152. The van der Waals surface area contributed by atoms with E-state index < -0.39 is 0 Å². The fourth-order valence-electron chi connectivity index (χ4n) is 2.48. The van der Waals surface area contributed by atoms with Gasteiger partial charge in [0, 0.05) is 38.7 Å². The van der Waals surface area contributed by atoms with Crippen LogP contribution < -0.4 is 11.1 Å². The molecule has 1 unspecified atom stereocenters. The number of carbonyl (C=O) groups is 2. The van der Waals surface area contributed by atoms with Gasteiger partial charge in [-0.1, -0.05) is 13.3 Å². The van der Waals surface area contributed by atoms with Crippen molar-refractivity contribution in [2.24, 2.45) is 5.73 Å². The molecule has 1 fully saturated rings. The van der Waals surface area contributed by atoms with E-state index in [4.69, 9.17) is 10.5 Å². The Kier molecular flexibility index (Phi) is 12.2. The van der Waals surface area contributed by atoms with Crippen molar-refractivity contribution in [1.82, 2.24) is 10.2 Å². The highest BCUT2D eigenvalue weighted by Crippen LogP contribution is 2.16. The Morgan fingerprint density at radius 2 is 2.14 bits per heavy atom. The lowest BCUT2D eigenvalue weighted by molar-refractivity contribution is -0.140. The molecule has 1 aliphatic rings. The van der Waals surface area contributed by atoms with Crippen LogP contribution in [-0.2, 0) is 14.3 Å². The average molecular weight is 336 g/mol. The Morgan fingerprint density at radius 3 is 2.82 bits per heavy atom. The lowest BCUT2D eigenvalue weighted by atomic mass is 10.0. The smallest absolute Gasteiger partial charge is 0.248 e. The van der Waals surface area contributed by atoms with Crippen LogP contribution in [-0.4, -0.2) is 55.6 Å². The summed E-state index contributed by atoms with van der Waals surface area (Å²) in [5, 5.41) is 2.86. The lowest BCUT2D eigenvalue weighted by Crippen LogP contribution is -2.50. The minimum Gasteiger partial charge on any atom is -0.372 e. The first kappa shape index (κ1) is 21.1. The zero-order valence-corrected chi connectivity index (χ0v) is 14.3. The SMILES string of the molecule is CCCCOCC(=O)N1CCCCC1CNC(=O)CCN.Cl. The summed E-state index contributed by atoms with van der Waals surface area (Å²) < 4.78 is 5.41. The van der Waals surface area contributed by atoms with Crippen LogP contribution in [0.15, 0.2) is 0 Å². The summed E-state index contributed by atoms with van der Waals surface area (Å²) >= 11 is 0. The van der Waals surface area contributed by atoms with Crippen LogP contribution in [0.2, 0.25) is 0 Å². The normalized spacial score (nSPS) is 17.7. The van der Waals surface area contributed by atoms with Crippen LogP contribution in [0.3, 0.4) is 0 Å². The molecule has 3 N–H and O–H groups in total. The van der Waals surface area contributed by atoms with Gasteiger partial charge in [0.05, 0.1) is 0 Å². The fourth-order valence-corrected chi connectivity index (χ4v) is 2.48. The predicted molar refractivity (Wildman–Crippen MR) is 89.0 cm³/mol. The summed E-state index contributed by atoms with van der Waals surface area (Å²) in [4.78, 5) is 25.6. The van der Waals surface area contributed by atoms with E-state index in [0.29, 0.717) is 26.1 Å².